The van der Waals surface area contributed by atoms with Crippen LogP contribution in [0.5, 0.6) is 0 Å². The zero-order chi connectivity index (χ0) is 17.2. The number of thiophene rings is 1. The summed E-state index contributed by atoms with van der Waals surface area (Å²) in [5.74, 6) is -5.26. The molecule has 1 aromatic heterocycles. The Bertz CT molecular complexity index is 562. The van der Waals surface area contributed by atoms with Crippen molar-refractivity contribution in [2.24, 2.45) is 11.8 Å². The third-order valence-corrected chi connectivity index (χ3v) is 4.75. The highest BCUT2D eigenvalue weighted by atomic mass is 32.1. The third-order valence-electron chi connectivity index (χ3n) is 3.89. The number of rotatable bonds is 5. The fourth-order valence-electron chi connectivity index (χ4n) is 2.63. The van der Waals surface area contributed by atoms with E-state index < -0.39 is 30.5 Å². The number of hydrogen-bond acceptors (Lipinski definition) is 4. The van der Waals surface area contributed by atoms with Gasteiger partial charge in [-0.25, -0.2) is 0 Å². The molecule has 9 heteroatoms. The van der Waals surface area contributed by atoms with Gasteiger partial charge < -0.3 is 10.0 Å². The van der Waals surface area contributed by atoms with E-state index in [1.807, 2.05) is 17.5 Å². The van der Waals surface area contributed by atoms with Crippen LogP contribution in [0.1, 0.15) is 4.88 Å². The summed E-state index contributed by atoms with van der Waals surface area (Å²) in [6, 6.07) is 3.72. The number of hydrogen-bond donors (Lipinski definition) is 1. The maximum atomic E-state index is 12.9. The summed E-state index contributed by atoms with van der Waals surface area (Å²) in [5, 5.41) is 10.8. The molecule has 1 saturated heterocycles. The minimum absolute atomic E-state index is 0.210. The number of carbonyl (C=O) groups excluding carboxylic acids is 1. The van der Waals surface area contributed by atoms with Crippen LogP contribution in [0.2, 0.25) is 0 Å². The molecule has 2 heterocycles. The highest BCUT2D eigenvalue weighted by Crippen LogP contribution is 2.37. The normalized spacial score (nSPS) is 22.3. The van der Waals surface area contributed by atoms with Gasteiger partial charge in [-0.2, -0.15) is 13.2 Å². The van der Waals surface area contributed by atoms with Crippen LogP contribution in [0.15, 0.2) is 17.5 Å². The standard InChI is InChI=1S/C14H17F3N2O3S/c1-18(5-9-3-2-4-23-9)12(20)8-19-6-10(13(21)22)11(7-19)14(15,16)17/h2-4,10-11H,5-8H2,1H3,(H,21,22)/t10-,11-/m1/s1. The van der Waals surface area contributed by atoms with Crippen LogP contribution in [0.25, 0.3) is 0 Å². The Morgan fingerprint density at radius 3 is 2.61 bits per heavy atom. The summed E-state index contributed by atoms with van der Waals surface area (Å²) >= 11 is 1.49. The monoisotopic (exact) mass is 350 g/mol. The second-order valence-corrected chi connectivity index (χ2v) is 6.65. The van der Waals surface area contributed by atoms with Gasteiger partial charge in [0.2, 0.25) is 5.91 Å². The Hall–Kier alpha value is -1.61. The molecule has 23 heavy (non-hydrogen) atoms. The number of carboxylic acid groups (broad SMARTS) is 1. The van der Waals surface area contributed by atoms with Crippen molar-refractivity contribution in [1.29, 1.82) is 0 Å². The SMILES string of the molecule is CN(Cc1cccs1)C(=O)CN1C[C@@H](C(F)(F)F)[C@H](C(=O)O)C1. The molecule has 2 rings (SSSR count). The molecule has 0 aliphatic carbocycles. The number of carboxylic acids is 1. The van der Waals surface area contributed by atoms with E-state index in [4.69, 9.17) is 5.11 Å². The number of likely N-dealkylation sites (N-methyl/N-ethyl adjacent to an activating group) is 1. The molecule has 1 aromatic rings. The van der Waals surface area contributed by atoms with Crippen LogP contribution in [0.4, 0.5) is 13.2 Å². The number of carbonyl (C=O) groups is 2. The van der Waals surface area contributed by atoms with Crippen molar-refractivity contribution in [2.75, 3.05) is 26.7 Å². The summed E-state index contributed by atoms with van der Waals surface area (Å²) in [4.78, 5) is 26.8. The van der Waals surface area contributed by atoms with Gasteiger partial charge in [0.15, 0.2) is 0 Å². The summed E-state index contributed by atoms with van der Waals surface area (Å²) in [7, 11) is 1.58. The molecule has 0 unspecified atom stereocenters. The van der Waals surface area contributed by atoms with Crippen molar-refractivity contribution in [1.82, 2.24) is 9.80 Å². The lowest BCUT2D eigenvalue weighted by molar-refractivity contribution is -0.188. The van der Waals surface area contributed by atoms with Crippen LogP contribution in [-0.4, -0.2) is 59.6 Å². The lowest BCUT2D eigenvalue weighted by atomic mass is 9.96. The molecule has 0 aromatic carbocycles. The topological polar surface area (TPSA) is 60.9 Å². The smallest absolute Gasteiger partial charge is 0.393 e. The number of alkyl halides is 3. The second kappa shape index (κ2) is 6.88. The first-order chi connectivity index (χ1) is 10.7. The molecule has 1 N–H and O–H groups in total. The quantitative estimate of drug-likeness (QED) is 0.881. The van der Waals surface area contributed by atoms with Crippen LogP contribution in [-0.2, 0) is 16.1 Å². The third kappa shape index (κ3) is 4.44. The van der Waals surface area contributed by atoms with Gasteiger partial charge >= 0.3 is 12.1 Å². The van der Waals surface area contributed by atoms with Gasteiger partial charge in [0, 0.05) is 25.0 Å². The predicted molar refractivity (Wildman–Crippen MR) is 77.9 cm³/mol. The molecule has 128 valence electrons. The maximum absolute atomic E-state index is 12.9. The molecule has 1 fully saturated rings. The average molecular weight is 350 g/mol. The van der Waals surface area contributed by atoms with Crippen molar-refractivity contribution in [3.05, 3.63) is 22.4 Å². The molecule has 0 bridgehead atoms. The van der Waals surface area contributed by atoms with Gasteiger partial charge in [-0.1, -0.05) is 6.07 Å². The van der Waals surface area contributed by atoms with Crippen molar-refractivity contribution in [3.63, 3.8) is 0 Å². The molecule has 2 atom stereocenters. The van der Waals surface area contributed by atoms with Gasteiger partial charge in [0.05, 0.1) is 24.9 Å². The molecule has 5 nitrogen and oxygen atoms in total. The summed E-state index contributed by atoms with van der Waals surface area (Å²) in [5.41, 5.74) is 0. The Kier molecular flexibility index (Phi) is 5.30. The zero-order valence-corrected chi connectivity index (χ0v) is 13.2. The highest BCUT2D eigenvalue weighted by molar-refractivity contribution is 7.09. The molecular formula is C14H17F3N2O3S. The summed E-state index contributed by atoms with van der Waals surface area (Å²) in [6.07, 6.45) is -4.58. The predicted octanol–water partition coefficient (Wildman–Crippen LogP) is 1.90. The van der Waals surface area contributed by atoms with E-state index in [2.05, 4.69) is 0 Å². The van der Waals surface area contributed by atoms with Gasteiger partial charge in [0.1, 0.15) is 0 Å². The molecule has 1 aliphatic heterocycles. The van der Waals surface area contributed by atoms with E-state index in [1.54, 1.807) is 7.05 Å². The highest BCUT2D eigenvalue weighted by Gasteiger charge is 2.52. The second-order valence-electron chi connectivity index (χ2n) is 5.62. The van der Waals surface area contributed by atoms with Crippen LogP contribution in [0, 0.1) is 11.8 Å². The van der Waals surface area contributed by atoms with Crippen molar-refractivity contribution < 1.29 is 27.9 Å². The summed E-state index contributed by atoms with van der Waals surface area (Å²) < 4.78 is 38.7. The lowest BCUT2D eigenvalue weighted by Crippen LogP contribution is -2.37. The Morgan fingerprint density at radius 1 is 1.43 bits per heavy atom. The van der Waals surface area contributed by atoms with E-state index in [-0.39, 0.29) is 19.0 Å². The van der Waals surface area contributed by atoms with E-state index in [0.29, 0.717) is 6.54 Å². The number of halogens is 3. The molecule has 0 spiro atoms. The van der Waals surface area contributed by atoms with Crippen LogP contribution < -0.4 is 0 Å². The molecule has 1 amide bonds. The van der Waals surface area contributed by atoms with Gasteiger partial charge in [-0.3, -0.25) is 14.5 Å². The minimum atomic E-state index is -4.58. The minimum Gasteiger partial charge on any atom is -0.481 e. The Morgan fingerprint density at radius 2 is 2.13 bits per heavy atom. The molecule has 0 saturated carbocycles. The van der Waals surface area contributed by atoms with Gasteiger partial charge in [-0.15, -0.1) is 11.3 Å². The van der Waals surface area contributed by atoms with E-state index in [1.165, 1.54) is 21.1 Å². The summed E-state index contributed by atoms with van der Waals surface area (Å²) in [6.45, 7) is -0.551. The fraction of sp³-hybridized carbons (Fsp3) is 0.571. The van der Waals surface area contributed by atoms with Gasteiger partial charge in [-0.05, 0) is 11.4 Å². The van der Waals surface area contributed by atoms with Crippen LogP contribution >= 0.6 is 11.3 Å². The van der Waals surface area contributed by atoms with Crippen molar-refractivity contribution >= 4 is 23.2 Å². The first-order valence-electron chi connectivity index (χ1n) is 6.96. The van der Waals surface area contributed by atoms with E-state index in [9.17, 15) is 22.8 Å². The largest absolute Gasteiger partial charge is 0.481 e. The maximum Gasteiger partial charge on any atom is 0.393 e. The van der Waals surface area contributed by atoms with Crippen LogP contribution in [0.3, 0.4) is 0 Å². The molecule has 1 aliphatic rings. The fourth-order valence-corrected chi connectivity index (χ4v) is 3.39. The number of amides is 1. The number of nitrogens with zero attached hydrogens (tertiary/aromatic N) is 2. The number of likely N-dealkylation sites (tertiary alicyclic amines) is 1. The zero-order valence-electron chi connectivity index (χ0n) is 12.4. The first kappa shape index (κ1) is 17.7. The molecule has 0 radical (unpaired) electrons. The first-order valence-corrected chi connectivity index (χ1v) is 7.84. The van der Waals surface area contributed by atoms with Crippen molar-refractivity contribution in [2.45, 2.75) is 12.7 Å². The van der Waals surface area contributed by atoms with Crippen molar-refractivity contribution in [3.8, 4) is 0 Å². The van der Waals surface area contributed by atoms with E-state index in [0.717, 1.165) is 4.88 Å². The average Bonchev–Trinajstić information content (AvgIpc) is 3.06. The number of aliphatic carboxylic acids is 1. The molecular weight excluding hydrogens is 333 g/mol. The van der Waals surface area contributed by atoms with Gasteiger partial charge in [0.25, 0.3) is 0 Å². The lowest BCUT2D eigenvalue weighted by Gasteiger charge is -2.21. The van der Waals surface area contributed by atoms with E-state index >= 15 is 0 Å². The Balaban J connectivity index is 1.95. The Labute approximate surface area is 135 Å².